The first-order chi connectivity index (χ1) is 15.1. The number of allylic oxidation sites excluding steroid dienone is 1. The molecule has 0 spiro atoms. The third kappa shape index (κ3) is 3.89. The van der Waals surface area contributed by atoms with E-state index < -0.39 is 12.0 Å². The number of benzene rings is 3. The summed E-state index contributed by atoms with van der Waals surface area (Å²) in [7, 11) is 0. The summed E-state index contributed by atoms with van der Waals surface area (Å²) in [5, 5.41) is 0. The molecule has 1 aliphatic heterocycles. The molecule has 4 nitrogen and oxygen atoms in total. The lowest BCUT2D eigenvalue weighted by atomic mass is 9.83. The van der Waals surface area contributed by atoms with Gasteiger partial charge in [-0.05, 0) is 31.5 Å². The number of ketones is 1. The first-order valence-corrected chi connectivity index (χ1v) is 10.5. The minimum absolute atomic E-state index is 0.0306. The van der Waals surface area contributed by atoms with Crippen molar-refractivity contribution < 1.29 is 14.3 Å². The minimum atomic E-state index is -0.591. The minimum Gasteiger partial charge on any atom is -0.463 e. The summed E-state index contributed by atoms with van der Waals surface area (Å²) in [6.07, 6.45) is 0. The molecule has 2 unspecified atom stereocenters. The highest BCUT2D eigenvalue weighted by atomic mass is 16.5. The van der Waals surface area contributed by atoms with E-state index in [-0.39, 0.29) is 18.4 Å². The Balaban J connectivity index is 1.93. The van der Waals surface area contributed by atoms with Crippen molar-refractivity contribution >= 4 is 17.4 Å². The Bertz CT molecular complexity index is 1090. The van der Waals surface area contributed by atoms with Crippen LogP contribution in [0.25, 0.3) is 0 Å². The van der Waals surface area contributed by atoms with Gasteiger partial charge < -0.3 is 9.64 Å². The van der Waals surface area contributed by atoms with Gasteiger partial charge in [-0.15, -0.1) is 0 Å². The van der Waals surface area contributed by atoms with Crippen molar-refractivity contribution in [3.63, 3.8) is 0 Å². The summed E-state index contributed by atoms with van der Waals surface area (Å²) in [5.74, 6) is -0.844. The lowest BCUT2D eigenvalue weighted by Gasteiger charge is -2.31. The van der Waals surface area contributed by atoms with Crippen LogP contribution in [0.4, 0.5) is 5.69 Å². The van der Waals surface area contributed by atoms with E-state index in [1.807, 2.05) is 103 Å². The summed E-state index contributed by atoms with van der Waals surface area (Å²) in [4.78, 5) is 29.0. The second kappa shape index (κ2) is 9.00. The highest BCUT2D eigenvalue weighted by molar-refractivity contribution is 6.07. The van der Waals surface area contributed by atoms with E-state index in [1.54, 1.807) is 6.92 Å². The van der Waals surface area contributed by atoms with Gasteiger partial charge in [0, 0.05) is 22.9 Å². The van der Waals surface area contributed by atoms with Crippen LogP contribution >= 0.6 is 0 Å². The molecular weight excluding hydrogens is 386 g/mol. The van der Waals surface area contributed by atoms with E-state index in [0.29, 0.717) is 11.1 Å². The third-order valence-corrected chi connectivity index (χ3v) is 5.67. The average molecular weight is 412 g/mol. The molecule has 4 heteroatoms. The molecule has 1 aliphatic rings. The van der Waals surface area contributed by atoms with E-state index in [0.717, 1.165) is 16.9 Å². The highest BCUT2D eigenvalue weighted by Gasteiger charge is 2.47. The maximum absolute atomic E-state index is 13.9. The van der Waals surface area contributed by atoms with Crippen LogP contribution in [-0.4, -0.2) is 24.4 Å². The van der Waals surface area contributed by atoms with Crippen LogP contribution < -0.4 is 4.90 Å². The molecule has 3 aromatic rings. The van der Waals surface area contributed by atoms with Gasteiger partial charge in [0.05, 0.1) is 12.2 Å². The molecule has 0 N–H and O–H groups in total. The number of hydrogen-bond acceptors (Lipinski definition) is 4. The molecule has 0 amide bonds. The van der Waals surface area contributed by atoms with Crippen LogP contribution in [0.3, 0.4) is 0 Å². The van der Waals surface area contributed by atoms with Crippen molar-refractivity contribution in [2.24, 2.45) is 0 Å². The normalized spacial score (nSPS) is 18.2. The van der Waals surface area contributed by atoms with Crippen LogP contribution in [-0.2, 0) is 9.53 Å². The van der Waals surface area contributed by atoms with Crippen molar-refractivity contribution in [3.8, 4) is 0 Å². The molecule has 0 fully saturated rings. The zero-order valence-electron chi connectivity index (χ0n) is 17.7. The van der Waals surface area contributed by atoms with Crippen molar-refractivity contribution in [2.45, 2.75) is 25.8 Å². The van der Waals surface area contributed by atoms with Gasteiger partial charge in [0.15, 0.2) is 5.78 Å². The molecule has 1 heterocycles. The maximum atomic E-state index is 13.9. The molecule has 0 aromatic heterocycles. The number of nitrogens with zero attached hydrogens (tertiary/aromatic N) is 1. The number of para-hydroxylation sites is 1. The molecule has 0 saturated heterocycles. The highest BCUT2D eigenvalue weighted by Crippen LogP contribution is 2.45. The number of carbonyl (C=O) groups is 2. The van der Waals surface area contributed by atoms with Gasteiger partial charge in [-0.25, -0.2) is 4.79 Å². The topological polar surface area (TPSA) is 46.6 Å². The van der Waals surface area contributed by atoms with E-state index >= 15 is 0 Å². The number of rotatable bonds is 6. The molecule has 156 valence electrons. The first kappa shape index (κ1) is 20.6. The standard InChI is InChI=1S/C27H25NO3/c1-3-31-27(30)23-19(2)28(22-17-11-6-12-18-22)25(24(23)20-13-7-4-8-14-20)26(29)21-15-9-5-10-16-21/h4-18,24-25H,3H2,1-2H3. The summed E-state index contributed by atoms with van der Waals surface area (Å²) < 4.78 is 5.43. The second-order valence-corrected chi connectivity index (χ2v) is 7.49. The van der Waals surface area contributed by atoms with Crippen LogP contribution in [0, 0.1) is 0 Å². The fourth-order valence-corrected chi connectivity index (χ4v) is 4.35. The Hall–Kier alpha value is -3.66. The predicted molar refractivity (Wildman–Crippen MR) is 122 cm³/mol. The Kier molecular flexibility index (Phi) is 5.99. The third-order valence-electron chi connectivity index (χ3n) is 5.67. The number of Topliss-reactive ketones (excluding diaryl/α,β-unsaturated/α-hetero) is 1. The van der Waals surface area contributed by atoms with E-state index in [1.165, 1.54) is 0 Å². The Morgan fingerprint density at radius 1 is 0.839 bits per heavy atom. The number of anilines is 1. The van der Waals surface area contributed by atoms with Crippen LogP contribution in [0.15, 0.2) is 102 Å². The number of carbonyl (C=O) groups excluding carboxylic acids is 2. The zero-order valence-corrected chi connectivity index (χ0v) is 17.7. The maximum Gasteiger partial charge on any atom is 0.336 e. The molecule has 0 aliphatic carbocycles. The smallest absolute Gasteiger partial charge is 0.336 e. The van der Waals surface area contributed by atoms with Gasteiger partial charge in [0.1, 0.15) is 6.04 Å². The SMILES string of the molecule is CCOC(=O)C1=C(C)N(c2ccccc2)C(C(=O)c2ccccc2)C1c1ccccc1. The molecule has 0 bridgehead atoms. The van der Waals surface area contributed by atoms with Crippen LogP contribution in [0.5, 0.6) is 0 Å². The monoisotopic (exact) mass is 411 g/mol. The van der Waals surface area contributed by atoms with Gasteiger partial charge in [-0.2, -0.15) is 0 Å². The van der Waals surface area contributed by atoms with E-state index in [4.69, 9.17) is 4.74 Å². The predicted octanol–water partition coefficient (Wildman–Crippen LogP) is 5.38. The molecule has 0 radical (unpaired) electrons. The molecule has 0 saturated carbocycles. The number of ether oxygens (including phenoxy) is 1. The van der Waals surface area contributed by atoms with Gasteiger partial charge in [-0.1, -0.05) is 78.9 Å². The fraction of sp³-hybridized carbons (Fsp3) is 0.185. The van der Waals surface area contributed by atoms with Crippen molar-refractivity contribution in [1.29, 1.82) is 0 Å². The van der Waals surface area contributed by atoms with Crippen LogP contribution in [0.1, 0.15) is 35.7 Å². The van der Waals surface area contributed by atoms with E-state index in [9.17, 15) is 9.59 Å². The molecule has 2 atom stereocenters. The number of esters is 1. The van der Waals surface area contributed by atoms with Crippen LogP contribution in [0.2, 0.25) is 0 Å². The summed E-state index contributed by atoms with van der Waals surface area (Å²) >= 11 is 0. The van der Waals surface area contributed by atoms with Gasteiger partial charge in [0.25, 0.3) is 0 Å². The zero-order chi connectivity index (χ0) is 21.8. The van der Waals surface area contributed by atoms with Crippen molar-refractivity contribution in [2.75, 3.05) is 11.5 Å². The summed E-state index contributed by atoms with van der Waals surface area (Å²) in [6.45, 7) is 3.97. The average Bonchev–Trinajstić information content (AvgIpc) is 3.13. The molecule has 3 aromatic carbocycles. The van der Waals surface area contributed by atoms with Gasteiger partial charge in [-0.3, -0.25) is 4.79 Å². The number of hydrogen-bond donors (Lipinski definition) is 0. The Morgan fingerprint density at radius 3 is 1.97 bits per heavy atom. The lowest BCUT2D eigenvalue weighted by Crippen LogP contribution is -2.40. The molecule has 31 heavy (non-hydrogen) atoms. The van der Waals surface area contributed by atoms with Gasteiger partial charge >= 0.3 is 5.97 Å². The Morgan fingerprint density at radius 2 is 1.39 bits per heavy atom. The van der Waals surface area contributed by atoms with Crippen molar-refractivity contribution in [3.05, 3.63) is 113 Å². The van der Waals surface area contributed by atoms with Crippen molar-refractivity contribution in [1.82, 2.24) is 0 Å². The molecule has 4 rings (SSSR count). The first-order valence-electron chi connectivity index (χ1n) is 10.5. The Labute approximate surface area is 182 Å². The summed E-state index contributed by atoms with van der Waals surface area (Å²) in [5.41, 5.74) is 3.68. The second-order valence-electron chi connectivity index (χ2n) is 7.49. The molecular formula is C27H25NO3. The quantitative estimate of drug-likeness (QED) is 0.404. The lowest BCUT2D eigenvalue weighted by molar-refractivity contribution is -0.138. The van der Waals surface area contributed by atoms with E-state index in [2.05, 4.69) is 0 Å². The fourth-order valence-electron chi connectivity index (χ4n) is 4.35. The van der Waals surface area contributed by atoms with Gasteiger partial charge in [0.2, 0.25) is 0 Å². The summed E-state index contributed by atoms with van der Waals surface area (Å²) in [6, 6.07) is 28.1. The largest absolute Gasteiger partial charge is 0.463 e.